The molecule has 4 heteroatoms. The first-order chi connectivity index (χ1) is 9.15. The number of carbonyl (C=O) groups excluding carboxylic acids is 2. The number of ether oxygens (including phenoxy) is 1. The lowest BCUT2D eigenvalue weighted by Crippen LogP contribution is -2.37. The zero-order valence-electron chi connectivity index (χ0n) is 11.3. The number of hydrogen-bond donors (Lipinski definition) is 0. The number of amides is 2. The Morgan fingerprint density at radius 3 is 2.63 bits per heavy atom. The molecule has 102 valence electrons. The highest BCUT2D eigenvalue weighted by Crippen LogP contribution is 2.32. The van der Waals surface area contributed by atoms with Crippen molar-refractivity contribution in [1.29, 1.82) is 0 Å². The van der Waals surface area contributed by atoms with Crippen LogP contribution in [0.2, 0.25) is 0 Å². The van der Waals surface area contributed by atoms with Gasteiger partial charge in [-0.3, -0.25) is 4.79 Å². The van der Waals surface area contributed by atoms with Gasteiger partial charge in [0.25, 0.3) is 0 Å². The minimum Gasteiger partial charge on any atom is -0.439 e. The van der Waals surface area contributed by atoms with Gasteiger partial charge in [-0.05, 0) is 18.9 Å². The van der Waals surface area contributed by atoms with E-state index in [0.29, 0.717) is 6.42 Å². The molecule has 2 amide bonds. The van der Waals surface area contributed by atoms with Crippen LogP contribution in [0, 0.1) is 0 Å². The average molecular weight is 261 g/mol. The lowest BCUT2D eigenvalue weighted by Gasteiger charge is -2.19. The fraction of sp³-hybridized carbons (Fsp3) is 0.467. The number of carbonyl (C=O) groups is 2. The van der Waals surface area contributed by atoms with Crippen LogP contribution in [-0.4, -0.2) is 22.9 Å². The molecule has 1 aromatic rings. The first-order valence-electron chi connectivity index (χ1n) is 6.72. The van der Waals surface area contributed by atoms with Gasteiger partial charge >= 0.3 is 6.09 Å². The van der Waals surface area contributed by atoms with Gasteiger partial charge in [-0.1, -0.05) is 43.7 Å². The van der Waals surface area contributed by atoms with Gasteiger partial charge in [-0.2, -0.15) is 0 Å². The second-order valence-corrected chi connectivity index (χ2v) is 4.82. The molecule has 0 aromatic heterocycles. The molecule has 0 N–H and O–H groups in total. The third-order valence-electron chi connectivity index (χ3n) is 3.41. The van der Waals surface area contributed by atoms with Crippen molar-refractivity contribution in [2.45, 2.75) is 45.3 Å². The highest BCUT2D eigenvalue weighted by Gasteiger charge is 2.42. The van der Waals surface area contributed by atoms with Crippen molar-refractivity contribution in [2.75, 3.05) is 0 Å². The topological polar surface area (TPSA) is 46.6 Å². The number of imide groups is 1. The smallest absolute Gasteiger partial charge is 0.417 e. The Labute approximate surface area is 113 Å². The number of nitrogens with zero attached hydrogens (tertiary/aromatic N) is 1. The minimum absolute atomic E-state index is 0.141. The number of hydrogen-bond acceptors (Lipinski definition) is 3. The van der Waals surface area contributed by atoms with Crippen molar-refractivity contribution in [2.24, 2.45) is 0 Å². The molecule has 0 saturated carbocycles. The van der Waals surface area contributed by atoms with Crippen molar-refractivity contribution in [1.82, 2.24) is 4.90 Å². The van der Waals surface area contributed by atoms with E-state index in [0.717, 1.165) is 18.4 Å². The van der Waals surface area contributed by atoms with Gasteiger partial charge in [0.1, 0.15) is 6.10 Å². The molecule has 0 bridgehead atoms. The predicted molar refractivity (Wildman–Crippen MR) is 71.5 cm³/mol. The maximum Gasteiger partial charge on any atom is 0.417 e. The van der Waals surface area contributed by atoms with E-state index in [4.69, 9.17) is 4.74 Å². The second kappa shape index (κ2) is 5.87. The lowest BCUT2D eigenvalue weighted by molar-refractivity contribution is -0.129. The van der Waals surface area contributed by atoms with E-state index < -0.39 is 6.09 Å². The summed E-state index contributed by atoms with van der Waals surface area (Å²) in [4.78, 5) is 25.1. The molecule has 0 unspecified atom stereocenters. The molecule has 19 heavy (non-hydrogen) atoms. The lowest BCUT2D eigenvalue weighted by atomic mass is 10.0. The average Bonchev–Trinajstić information content (AvgIpc) is 2.72. The van der Waals surface area contributed by atoms with Gasteiger partial charge in [0.2, 0.25) is 5.91 Å². The fourth-order valence-corrected chi connectivity index (χ4v) is 2.33. The largest absolute Gasteiger partial charge is 0.439 e. The Kier molecular flexibility index (Phi) is 4.20. The number of benzene rings is 1. The van der Waals surface area contributed by atoms with E-state index in [1.807, 2.05) is 44.2 Å². The van der Waals surface area contributed by atoms with Gasteiger partial charge in [0.15, 0.2) is 0 Å². The Balaban J connectivity index is 2.12. The van der Waals surface area contributed by atoms with Crippen molar-refractivity contribution in [3.8, 4) is 0 Å². The number of cyclic esters (lactones) is 1. The zero-order chi connectivity index (χ0) is 13.8. The third-order valence-corrected chi connectivity index (χ3v) is 3.41. The van der Waals surface area contributed by atoms with Crippen molar-refractivity contribution < 1.29 is 14.3 Å². The van der Waals surface area contributed by atoms with Gasteiger partial charge in [0, 0.05) is 6.42 Å². The SMILES string of the molecule is CCCCC(=O)N1C(=O)O[C@@H](c2ccccc2)[C@H]1C. The third kappa shape index (κ3) is 2.78. The van der Waals surface area contributed by atoms with Crippen LogP contribution in [0.15, 0.2) is 30.3 Å². The van der Waals surface area contributed by atoms with Crippen LogP contribution in [0.4, 0.5) is 4.79 Å². The standard InChI is InChI=1S/C15H19NO3/c1-3-4-10-13(17)16-11(2)14(19-15(16)18)12-8-6-5-7-9-12/h5-9,11,14H,3-4,10H2,1-2H3/t11-,14-/m1/s1. The van der Waals surface area contributed by atoms with Crippen LogP contribution >= 0.6 is 0 Å². The zero-order valence-corrected chi connectivity index (χ0v) is 11.3. The van der Waals surface area contributed by atoms with Crippen LogP contribution in [0.5, 0.6) is 0 Å². The number of rotatable bonds is 4. The molecule has 2 atom stereocenters. The van der Waals surface area contributed by atoms with Crippen LogP contribution in [0.25, 0.3) is 0 Å². The summed E-state index contributed by atoms with van der Waals surface area (Å²) in [6, 6.07) is 9.28. The van der Waals surface area contributed by atoms with Crippen LogP contribution < -0.4 is 0 Å². The van der Waals surface area contributed by atoms with E-state index in [2.05, 4.69) is 0 Å². The molecule has 1 heterocycles. The van der Waals surface area contributed by atoms with Crippen LogP contribution in [-0.2, 0) is 9.53 Å². The van der Waals surface area contributed by atoms with E-state index in [9.17, 15) is 9.59 Å². The normalized spacial score (nSPS) is 22.4. The Bertz CT molecular complexity index is 458. The molecule has 0 aliphatic carbocycles. The van der Waals surface area contributed by atoms with Gasteiger partial charge in [-0.15, -0.1) is 0 Å². The fourth-order valence-electron chi connectivity index (χ4n) is 2.33. The molecule has 0 spiro atoms. The Hall–Kier alpha value is -1.84. The molecule has 1 aliphatic rings. The molecule has 1 fully saturated rings. The number of unbranched alkanes of at least 4 members (excludes halogenated alkanes) is 1. The highest BCUT2D eigenvalue weighted by atomic mass is 16.6. The summed E-state index contributed by atoms with van der Waals surface area (Å²) in [7, 11) is 0. The molecule has 2 rings (SSSR count). The second-order valence-electron chi connectivity index (χ2n) is 4.82. The quantitative estimate of drug-likeness (QED) is 0.835. The summed E-state index contributed by atoms with van der Waals surface area (Å²) in [5.74, 6) is -0.141. The first kappa shape index (κ1) is 13.6. The van der Waals surface area contributed by atoms with Crippen molar-refractivity contribution >= 4 is 12.0 Å². The molecule has 4 nitrogen and oxygen atoms in total. The summed E-state index contributed by atoms with van der Waals surface area (Å²) in [6.07, 6.45) is 1.25. The van der Waals surface area contributed by atoms with E-state index in [1.165, 1.54) is 4.90 Å². The van der Waals surface area contributed by atoms with E-state index in [1.54, 1.807) is 0 Å². The van der Waals surface area contributed by atoms with Crippen LogP contribution in [0.1, 0.15) is 44.8 Å². The maximum atomic E-state index is 12.0. The van der Waals surface area contributed by atoms with Crippen LogP contribution in [0.3, 0.4) is 0 Å². The molecular formula is C15H19NO3. The highest BCUT2D eigenvalue weighted by molar-refractivity contribution is 5.93. The summed E-state index contributed by atoms with van der Waals surface area (Å²) in [6.45, 7) is 3.87. The van der Waals surface area contributed by atoms with Gasteiger partial charge in [-0.25, -0.2) is 9.69 Å². The molecule has 0 radical (unpaired) electrons. The van der Waals surface area contributed by atoms with E-state index >= 15 is 0 Å². The van der Waals surface area contributed by atoms with Crippen molar-refractivity contribution in [3.63, 3.8) is 0 Å². The first-order valence-corrected chi connectivity index (χ1v) is 6.72. The maximum absolute atomic E-state index is 12.0. The Morgan fingerprint density at radius 1 is 1.32 bits per heavy atom. The predicted octanol–water partition coefficient (Wildman–Crippen LogP) is 3.29. The molecule has 1 aliphatic heterocycles. The van der Waals surface area contributed by atoms with E-state index in [-0.39, 0.29) is 18.1 Å². The molecular weight excluding hydrogens is 242 g/mol. The molecule has 1 saturated heterocycles. The minimum atomic E-state index is -0.526. The van der Waals surface area contributed by atoms with Gasteiger partial charge in [0.05, 0.1) is 6.04 Å². The Morgan fingerprint density at radius 2 is 2.00 bits per heavy atom. The summed E-state index contributed by atoms with van der Waals surface area (Å²) in [5.41, 5.74) is 0.925. The summed E-state index contributed by atoms with van der Waals surface area (Å²) < 4.78 is 5.34. The van der Waals surface area contributed by atoms with Crippen molar-refractivity contribution in [3.05, 3.63) is 35.9 Å². The summed E-state index contributed by atoms with van der Waals surface area (Å²) >= 11 is 0. The monoisotopic (exact) mass is 261 g/mol. The van der Waals surface area contributed by atoms with Gasteiger partial charge < -0.3 is 4.74 Å². The molecule has 1 aromatic carbocycles. The summed E-state index contributed by atoms with van der Waals surface area (Å²) in [5, 5.41) is 0.